The molecule has 25 heavy (non-hydrogen) atoms. The molecular weight excluding hydrogens is 325 g/mol. The normalized spacial score (nSPS) is 11.1. The van der Waals surface area contributed by atoms with E-state index in [0.717, 1.165) is 0 Å². The number of rotatable bonds is 3. The molecular formula is C17H12FN5O2. The molecule has 0 spiro atoms. The minimum absolute atomic E-state index is 0.0178. The van der Waals surface area contributed by atoms with Crippen LogP contribution < -0.4 is 10.9 Å². The van der Waals surface area contributed by atoms with E-state index in [-0.39, 0.29) is 17.8 Å². The second kappa shape index (κ2) is 5.82. The third-order valence-electron chi connectivity index (χ3n) is 3.88. The maximum atomic E-state index is 13.6. The molecule has 8 heteroatoms. The SMILES string of the molecule is O=C(NCc1ccccc1F)c1nnn2c1c(=O)[nH]c1ccccc12. The molecule has 0 aliphatic rings. The van der Waals surface area contributed by atoms with Crippen molar-refractivity contribution < 1.29 is 9.18 Å². The molecule has 2 N–H and O–H groups in total. The summed E-state index contributed by atoms with van der Waals surface area (Å²) in [6, 6.07) is 13.2. The van der Waals surface area contributed by atoms with Crippen LogP contribution in [-0.2, 0) is 6.54 Å². The average molecular weight is 337 g/mol. The molecule has 0 atom stereocenters. The molecule has 2 heterocycles. The van der Waals surface area contributed by atoms with Crippen LogP contribution in [-0.4, -0.2) is 25.7 Å². The molecule has 124 valence electrons. The Morgan fingerprint density at radius 2 is 1.92 bits per heavy atom. The second-order valence-corrected chi connectivity index (χ2v) is 5.44. The second-order valence-electron chi connectivity index (χ2n) is 5.44. The maximum Gasteiger partial charge on any atom is 0.277 e. The van der Waals surface area contributed by atoms with Gasteiger partial charge in [-0.2, -0.15) is 0 Å². The Kier molecular flexibility index (Phi) is 3.50. The number of nitrogens with zero attached hydrogens (tertiary/aromatic N) is 3. The molecule has 0 radical (unpaired) electrons. The van der Waals surface area contributed by atoms with E-state index in [1.54, 1.807) is 42.5 Å². The summed E-state index contributed by atoms with van der Waals surface area (Å²) < 4.78 is 15.0. The van der Waals surface area contributed by atoms with Crippen LogP contribution in [0.2, 0.25) is 0 Å². The van der Waals surface area contributed by atoms with Crippen LogP contribution in [0.1, 0.15) is 16.1 Å². The summed E-state index contributed by atoms with van der Waals surface area (Å²) in [5.74, 6) is -1.02. The zero-order valence-corrected chi connectivity index (χ0v) is 12.9. The zero-order valence-electron chi connectivity index (χ0n) is 12.9. The summed E-state index contributed by atoms with van der Waals surface area (Å²) in [7, 11) is 0. The zero-order chi connectivity index (χ0) is 17.4. The molecule has 0 saturated heterocycles. The highest BCUT2D eigenvalue weighted by Gasteiger charge is 2.19. The van der Waals surface area contributed by atoms with Crippen molar-refractivity contribution in [3.05, 3.63) is 76.0 Å². The number of hydrogen-bond donors (Lipinski definition) is 2. The van der Waals surface area contributed by atoms with Gasteiger partial charge in [-0.05, 0) is 18.2 Å². The van der Waals surface area contributed by atoms with Gasteiger partial charge in [0.15, 0.2) is 11.2 Å². The lowest BCUT2D eigenvalue weighted by molar-refractivity contribution is 0.0947. The summed E-state index contributed by atoms with van der Waals surface area (Å²) >= 11 is 0. The quantitative estimate of drug-likeness (QED) is 0.594. The van der Waals surface area contributed by atoms with Gasteiger partial charge in [-0.3, -0.25) is 9.59 Å². The molecule has 4 aromatic rings. The van der Waals surface area contributed by atoms with Gasteiger partial charge in [0, 0.05) is 12.1 Å². The summed E-state index contributed by atoms with van der Waals surface area (Å²) in [5, 5.41) is 10.3. The van der Waals surface area contributed by atoms with Crippen LogP contribution in [0.4, 0.5) is 4.39 Å². The topological polar surface area (TPSA) is 92.2 Å². The van der Waals surface area contributed by atoms with E-state index >= 15 is 0 Å². The van der Waals surface area contributed by atoms with Gasteiger partial charge in [0.2, 0.25) is 0 Å². The number of para-hydroxylation sites is 2. The summed E-state index contributed by atoms with van der Waals surface area (Å²) in [4.78, 5) is 27.4. The Labute approximate surface area is 140 Å². The lowest BCUT2D eigenvalue weighted by Gasteiger charge is -2.05. The minimum atomic E-state index is -0.598. The van der Waals surface area contributed by atoms with Gasteiger partial charge < -0.3 is 10.3 Å². The molecule has 0 bridgehead atoms. The number of H-pyrrole nitrogens is 1. The predicted octanol–water partition coefficient (Wildman–Crippen LogP) is 1.64. The van der Waals surface area contributed by atoms with Crippen LogP contribution in [0.5, 0.6) is 0 Å². The van der Waals surface area contributed by atoms with E-state index in [1.165, 1.54) is 10.6 Å². The lowest BCUT2D eigenvalue weighted by atomic mass is 10.2. The lowest BCUT2D eigenvalue weighted by Crippen LogP contribution is -2.25. The number of fused-ring (bicyclic) bond motifs is 3. The van der Waals surface area contributed by atoms with Crippen molar-refractivity contribution in [2.24, 2.45) is 0 Å². The number of nitrogens with one attached hydrogen (secondary N) is 2. The van der Waals surface area contributed by atoms with Gasteiger partial charge in [-0.15, -0.1) is 5.10 Å². The number of benzene rings is 2. The number of amides is 1. The largest absolute Gasteiger partial charge is 0.346 e. The molecule has 4 rings (SSSR count). The van der Waals surface area contributed by atoms with Crippen LogP contribution in [0, 0.1) is 5.82 Å². The van der Waals surface area contributed by atoms with Crippen LogP contribution >= 0.6 is 0 Å². The van der Waals surface area contributed by atoms with Gasteiger partial charge in [-0.25, -0.2) is 8.91 Å². The number of halogens is 1. The number of carbonyl (C=O) groups excluding carboxylic acids is 1. The first kappa shape index (κ1) is 15.0. The number of aromatic amines is 1. The van der Waals surface area contributed by atoms with Crippen molar-refractivity contribution in [2.45, 2.75) is 6.54 Å². The van der Waals surface area contributed by atoms with Gasteiger partial charge in [-0.1, -0.05) is 35.5 Å². The fourth-order valence-corrected chi connectivity index (χ4v) is 2.65. The molecule has 0 unspecified atom stereocenters. The first-order valence-corrected chi connectivity index (χ1v) is 7.53. The highest BCUT2D eigenvalue weighted by Crippen LogP contribution is 2.13. The Morgan fingerprint density at radius 3 is 2.76 bits per heavy atom. The third-order valence-corrected chi connectivity index (χ3v) is 3.88. The Hall–Kier alpha value is -3.55. The van der Waals surface area contributed by atoms with Crippen molar-refractivity contribution >= 4 is 22.5 Å². The van der Waals surface area contributed by atoms with Gasteiger partial charge >= 0.3 is 0 Å². The molecule has 0 aliphatic carbocycles. The molecule has 2 aromatic carbocycles. The number of aromatic nitrogens is 4. The Balaban J connectivity index is 1.72. The van der Waals surface area contributed by atoms with E-state index in [2.05, 4.69) is 20.6 Å². The smallest absolute Gasteiger partial charge is 0.277 e. The maximum absolute atomic E-state index is 13.6. The van der Waals surface area contributed by atoms with Crippen LogP contribution in [0.15, 0.2) is 53.3 Å². The number of hydrogen-bond acceptors (Lipinski definition) is 4. The molecule has 0 aliphatic heterocycles. The Morgan fingerprint density at radius 1 is 1.16 bits per heavy atom. The predicted molar refractivity (Wildman–Crippen MR) is 88.7 cm³/mol. The highest BCUT2D eigenvalue weighted by molar-refractivity contribution is 5.99. The fraction of sp³-hybridized carbons (Fsp3) is 0.0588. The minimum Gasteiger partial charge on any atom is -0.346 e. The first-order chi connectivity index (χ1) is 12.1. The average Bonchev–Trinajstić information content (AvgIpc) is 3.07. The Bertz CT molecular complexity index is 1160. The van der Waals surface area contributed by atoms with E-state index in [4.69, 9.17) is 0 Å². The molecule has 0 fully saturated rings. The molecule has 1 amide bonds. The van der Waals surface area contributed by atoms with Crippen LogP contribution in [0.3, 0.4) is 0 Å². The van der Waals surface area contributed by atoms with Crippen LogP contribution in [0.25, 0.3) is 16.6 Å². The van der Waals surface area contributed by atoms with E-state index in [1.807, 2.05) is 0 Å². The monoisotopic (exact) mass is 337 g/mol. The highest BCUT2D eigenvalue weighted by atomic mass is 19.1. The summed E-state index contributed by atoms with van der Waals surface area (Å²) in [5.41, 5.74) is 1.01. The molecule has 7 nitrogen and oxygen atoms in total. The van der Waals surface area contributed by atoms with Gasteiger partial charge in [0.25, 0.3) is 11.5 Å². The number of carbonyl (C=O) groups is 1. The van der Waals surface area contributed by atoms with E-state index < -0.39 is 17.3 Å². The standard InChI is InChI=1S/C17H12FN5O2/c18-11-6-2-1-5-10(11)9-19-16(24)14-15-17(25)20-12-7-3-4-8-13(12)23(15)22-21-14/h1-8H,9H2,(H,19,24)(H,20,25). The van der Waals surface area contributed by atoms with Crippen molar-refractivity contribution in [1.82, 2.24) is 25.1 Å². The van der Waals surface area contributed by atoms with Gasteiger partial charge in [0.1, 0.15) is 5.82 Å². The van der Waals surface area contributed by atoms with Crippen molar-refractivity contribution in [2.75, 3.05) is 0 Å². The third kappa shape index (κ3) is 2.53. The first-order valence-electron chi connectivity index (χ1n) is 7.53. The van der Waals surface area contributed by atoms with E-state index in [9.17, 15) is 14.0 Å². The van der Waals surface area contributed by atoms with Crippen molar-refractivity contribution in [3.63, 3.8) is 0 Å². The summed E-state index contributed by atoms with van der Waals surface area (Å²) in [6.45, 7) is -0.0178. The van der Waals surface area contributed by atoms with Crippen molar-refractivity contribution in [1.29, 1.82) is 0 Å². The summed E-state index contributed by atoms with van der Waals surface area (Å²) in [6.07, 6.45) is 0. The van der Waals surface area contributed by atoms with Gasteiger partial charge in [0.05, 0.1) is 11.0 Å². The molecule has 0 saturated carbocycles. The molecule has 2 aromatic heterocycles. The fourth-order valence-electron chi connectivity index (χ4n) is 2.65. The van der Waals surface area contributed by atoms with E-state index in [0.29, 0.717) is 16.6 Å². The van der Waals surface area contributed by atoms with Crippen molar-refractivity contribution in [3.8, 4) is 0 Å².